The number of aliphatic imine (C=N–C) groups is 1. The minimum atomic E-state index is 0. The minimum absolute atomic E-state index is 0. The predicted octanol–water partition coefficient (Wildman–Crippen LogP) is 1.20. The van der Waals surface area contributed by atoms with Crippen LogP contribution < -0.4 is 5.32 Å². The number of guanidine groups is 1. The summed E-state index contributed by atoms with van der Waals surface area (Å²) < 4.78 is 6.82. The molecule has 2 heterocycles. The van der Waals surface area contributed by atoms with E-state index in [0.29, 0.717) is 6.54 Å². The molecule has 0 amide bonds. The number of imidazole rings is 1. The summed E-state index contributed by atoms with van der Waals surface area (Å²) in [6.45, 7) is 2.28. The Hall–Kier alpha value is -1.58. The summed E-state index contributed by atoms with van der Waals surface area (Å²) in [6, 6.07) is 1.84. The molecule has 0 saturated carbocycles. The van der Waals surface area contributed by atoms with Crippen LogP contribution in [0.2, 0.25) is 0 Å². The van der Waals surface area contributed by atoms with Gasteiger partial charge in [0.15, 0.2) is 5.96 Å². The number of hydrogen-bond donors (Lipinski definition) is 1. The van der Waals surface area contributed by atoms with E-state index >= 15 is 0 Å². The van der Waals surface area contributed by atoms with E-state index < -0.39 is 0 Å². The van der Waals surface area contributed by atoms with Gasteiger partial charge in [0.05, 0.1) is 12.9 Å². The molecule has 0 aliphatic rings. The molecule has 0 aliphatic heterocycles. The maximum absolute atomic E-state index is 4.81. The molecule has 0 aliphatic carbocycles. The molecule has 2 aromatic heterocycles. The Balaban J connectivity index is 0.00000200. The average Bonchev–Trinajstić information content (AvgIpc) is 3.07. The molecule has 0 spiro atoms. The second kappa shape index (κ2) is 8.56. The average molecular weight is 390 g/mol. The Kier molecular flexibility index (Phi) is 7.05. The molecule has 8 heteroatoms. The molecule has 0 fully saturated rings. The zero-order valence-corrected chi connectivity index (χ0v) is 13.9. The number of rotatable bonds is 5. The maximum Gasteiger partial charge on any atom is 0.193 e. The topological polar surface area (TPSA) is 71.5 Å². The molecule has 20 heavy (non-hydrogen) atoms. The Morgan fingerprint density at radius 1 is 1.55 bits per heavy atom. The van der Waals surface area contributed by atoms with Gasteiger partial charge >= 0.3 is 0 Å². The molecule has 7 nitrogen and oxygen atoms in total. The van der Waals surface area contributed by atoms with E-state index in [9.17, 15) is 0 Å². The van der Waals surface area contributed by atoms with E-state index in [0.717, 1.165) is 24.7 Å². The van der Waals surface area contributed by atoms with Gasteiger partial charge in [-0.3, -0.25) is 4.99 Å². The standard InChI is InChI=1S/C12H18N6O.HI/c1-13-12(15-5-7-18-6-4-14-10-18)17(2)9-11-3-8-19-16-11;/h3-4,6,8,10H,5,7,9H2,1-2H3,(H,13,15);1H. The molecule has 0 unspecified atom stereocenters. The Bertz CT molecular complexity index is 496. The molecule has 0 saturated heterocycles. The molecule has 2 aromatic rings. The lowest BCUT2D eigenvalue weighted by molar-refractivity contribution is 0.391. The highest BCUT2D eigenvalue weighted by Crippen LogP contribution is 1.99. The number of aromatic nitrogens is 3. The minimum Gasteiger partial charge on any atom is -0.364 e. The third-order valence-electron chi connectivity index (χ3n) is 2.68. The monoisotopic (exact) mass is 390 g/mol. The van der Waals surface area contributed by atoms with Crippen molar-refractivity contribution in [1.29, 1.82) is 0 Å². The first-order valence-electron chi connectivity index (χ1n) is 6.06. The fraction of sp³-hybridized carbons (Fsp3) is 0.417. The summed E-state index contributed by atoms with van der Waals surface area (Å²) in [6.07, 6.45) is 7.07. The van der Waals surface area contributed by atoms with Crippen molar-refractivity contribution < 1.29 is 4.52 Å². The quantitative estimate of drug-likeness (QED) is 0.472. The summed E-state index contributed by atoms with van der Waals surface area (Å²) in [7, 11) is 3.72. The third-order valence-corrected chi connectivity index (χ3v) is 2.68. The summed E-state index contributed by atoms with van der Waals surface area (Å²) in [4.78, 5) is 10.2. The normalized spacial score (nSPS) is 11.0. The molecule has 0 bridgehead atoms. The van der Waals surface area contributed by atoms with Crippen molar-refractivity contribution in [2.45, 2.75) is 13.1 Å². The highest BCUT2D eigenvalue weighted by molar-refractivity contribution is 14.0. The molecular weight excluding hydrogens is 371 g/mol. The zero-order chi connectivity index (χ0) is 13.5. The summed E-state index contributed by atoms with van der Waals surface area (Å²) in [5, 5.41) is 7.17. The first-order valence-corrected chi connectivity index (χ1v) is 6.06. The zero-order valence-electron chi connectivity index (χ0n) is 11.6. The van der Waals surface area contributed by atoms with E-state index in [1.807, 2.05) is 28.8 Å². The number of nitrogens with one attached hydrogen (secondary N) is 1. The van der Waals surface area contributed by atoms with Gasteiger partial charge in [-0.15, -0.1) is 24.0 Å². The molecule has 0 atom stereocenters. The van der Waals surface area contributed by atoms with Gasteiger partial charge in [0.2, 0.25) is 0 Å². The lowest BCUT2D eigenvalue weighted by atomic mass is 10.4. The van der Waals surface area contributed by atoms with Crippen molar-refractivity contribution in [3.63, 3.8) is 0 Å². The molecule has 110 valence electrons. The summed E-state index contributed by atoms with van der Waals surface area (Å²) >= 11 is 0. The van der Waals surface area contributed by atoms with Crippen LogP contribution in [0, 0.1) is 0 Å². The fourth-order valence-electron chi connectivity index (χ4n) is 1.74. The lowest BCUT2D eigenvalue weighted by Crippen LogP contribution is -2.39. The Labute approximate surface area is 135 Å². The van der Waals surface area contributed by atoms with Crippen molar-refractivity contribution >= 4 is 29.9 Å². The van der Waals surface area contributed by atoms with E-state index in [-0.39, 0.29) is 24.0 Å². The second-order valence-corrected chi connectivity index (χ2v) is 4.12. The molecule has 2 rings (SSSR count). The number of nitrogens with zero attached hydrogens (tertiary/aromatic N) is 5. The van der Waals surface area contributed by atoms with Crippen molar-refractivity contribution in [3.8, 4) is 0 Å². The van der Waals surface area contributed by atoms with Crippen LogP contribution in [0.5, 0.6) is 0 Å². The summed E-state index contributed by atoms with van der Waals surface area (Å²) in [5.41, 5.74) is 0.875. The van der Waals surface area contributed by atoms with E-state index in [2.05, 4.69) is 20.4 Å². The van der Waals surface area contributed by atoms with Gasteiger partial charge in [0.25, 0.3) is 0 Å². The van der Waals surface area contributed by atoms with Gasteiger partial charge in [-0.25, -0.2) is 4.98 Å². The molecular formula is C12H19IN6O. The van der Waals surface area contributed by atoms with Crippen molar-refractivity contribution in [3.05, 3.63) is 36.7 Å². The smallest absolute Gasteiger partial charge is 0.193 e. The van der Waals surface area contributed by atoms with Gasteiger partial charge < -0.3 is 19.3 Å². The van der Waals surface area contributed by atoms with Gasteiger partial charge in [-0.2, -0.15) is 0 Å². The number of hydrogen-bond acceptors (Lipinski definition) is 4. The van der Waals surface area contributed by atoms with E-state index in [4.69, 9.17) is 4.52 Å². The first-order chi connectivity index (χ1) is 9.29. The summed E-state index contributed by atoms with van der Waals surface area (Å²) in [5.74, 6) is 0.822. The lowest BCUT2D eigenvalue weighted by Gasteiger charge is -2.20. The van der Waals surface area contributed by atoms with Crippen LogP contribution in [0.25, 0.3) is 0 Å². The molecule has 1 N–H and O–H groups in total. The molecule has 0 aromatic carbocycles. The second-order valence-electron chi connectivity index (χ2n) is 4.12. The SMILES string of the molecule is CN=C(NCCn1ccnc1)N(C)Cc1ccon1.I. The van der Waals surface area contributed by atoms with Crippen LogP contribution in [-0.4, -0.2) is 46.2 Å². The van der Waals surface area contributed by atoms with E-state index in [1.165, 1.54) is 0 Å². The Morgan fingerprint density at radius 3 is 3.00 bits per heavy atom. The van der Waals surface area contributed by atoms with Crippen LogP contribution in [0.3, 0.4) is 0 Å². The van der Waals surface area contributed by atoms with Crippen LogP contribution >= 0.6 is 24.0 Å². The van der Waals surface area contributed by atoms with Crippen LogP contribution in [0.4, 0.5) is 0 Å². The van der Waals surface area contributed by atoms with Gasteiger partial charge in [0.1, 0.15) is 12.0 Å². The fourth-order valence-corrected chi connectivity index (χ4v) is 1.74. The maximum atomic E-state index is 4.81. The molecule has 0 radical (unpaired) electrons. The van der Waals surface area contributed by atoms with Gasteiger partial charge in [-0.1, -0.05) is 5.16 Å². The van der Waals surface area contributed by atoms with Gasteiger partial charge in [-0.05, 0) is 0 Å². The van der Waals surface area contributed by atoms with E-state index in [1.54, 1.807) is 25.8 Å². The number of halogens is 1. The van der Waals surface area contributed by atoms with Crippen molar-refractivity contribution in [2.75, 3.05) is 20.6 Å². The highest BCUT2D eigenvalue weighted by Gasteiger charge is 2.07. The predicted molar refractivity (Wildman–Crippen MR) is 87.0 cm³/mol. The third kappa shape index (κ3) is 4.83. The van der Waals surface area contributed by atoms with Gasteiger partial charge in [0, 0.05) is 45.6 Å². The van der Waals surface area contributed by atoms with Crippen LogP contribution in [0.1, 0.15) is 5.69 Å². The van der Waals surface area contributed by atoms with Crippen LogP contribution in [0.15, 0.2) is 40.6 Å². The first kappa shape index (κ1) is 16.5. The van der Waals surface area contributed by atoms with Crippen LogP contribution in [-0.2, 0) is 13.1 Å². The highest BCUT2D eigenvalue weighted by atomic mass is 127. The van der Waals surface area contributed by atoms with Crippen molar-refractivity contribution in [2.24, 2.45) is 4.99 Å². The Morgan fingerprint density at radius 2 is 2.40 bits per heavy atom. The van der Waals surface area contributed by atoms with Crippen molar-refractivity contribution in [1.82, 2.24) is 24.9 Å². The largest absolute Gasteiger partial charge is 0.364 e.